The summed E-state index contributed by atoms with van der Waals surface area (Å²) in [6.07, 6.45) is -4.61. The summed E-state index contributed by atoms with van der Waals surface area (Å²) in [6, 6.07) is 2.87. The van der Waals surface area contributed by atoms with Crippen molar-refractivity contribution in [1.82, 2.24) is 10.6 Å². The molecule has 1 unspecified atom stereocenters. The van der Waals surface area contributed by atoms with Gasteiger partial charge in [-0.25, -0.2) is 9.59 Å². The molecule has 1 aromatic rings. The van der Waals surface area contributed by atoms with E-state index in [1.807, 2.05) is 0 Å². The number of benzene rings is 1. The molecule has 0 aliphatic carbocycles. The van der Waals surface area contributed by atoms with Crippen LogP contribution in [0.2, 0.25) is 0 Å². The number of nitrogens with one attached hydrogen (secondary N) is 2. The Bertz CT molecular complexity index is 668. The van der Waals surface area contributed by atoms with Gasteiger partial charge in [-0.1, -0.05) is 18.2 Å². The van der Waals surface area contributed by atoms with Crippen molar-refractivity contribution >= 4 is 12.0 Å². The number of carbonyl (C=O) groups excluding carboxylic acids is 2. The molecule has 0 saturated carbocycles. The van der Waals surface area contributed by atoms with Crippen molar-refractivity contribution in [2.45, 2.75) is 26.1 Å². The fourth-order valence-electron chi connectivity index (χ4n) is 2.41. The van der Waals surface area contributed by atoms with Gasteiger partial charge >= 0.3 is 18.2 Å². The van der Waals surface area contributed by atoms with E-state index < -0.39 is 29.8 Å². The molecule has 0 bridgehead atoms. The summed E-state index contributed by atoms with van der Waals surface area (Å²) in [5.74, 6) is -0.778. The first-order valence-corrected chi connectivity index (χ1v) is 6.87. The van der Waals surface area contributed by atoms with E-state index in [1.54, 1.807) is 6.92 Å². The van der Waals surface area contributed by atoms with Gasteiger partial charge in [-0.15, -0.1) is 0 Å². The van der Waals surface area contributed by atoms with Crippen LogP contribution >= 0.6 is 0 Å². The average Bonchev–Trinajstić information content (AvgIpc) is 2.45. The maximum atomic E-state index is 13.2. The first kappa shape index (κ1) is 16.9. The quantitative estimate of drug-likeness (QED) is 0.839. The SMILES string of the molecule is CCOC(=O)C1=C(C)NC(=O)NC1c1ccccc1C(F)(F)F. The molecule has 1 aliphatic rings. The largest absolute Gasteiger partial charge is 0.463 e. The topological polar surface area (TPSA) is 67.4 Å². The number of hydrogen-bond acceptors (Lipinski definition) is 3. The second-order valence-electron chi connectivity index (χ2n) is 4.88. The van der Waals surface area contributed by atoms with Gasteiger partial charge < -0.3 is 15.4 Å². The van der Waals surface area contributed by atoms with Crippen LogP contribution < -0.4 is 10.6 Å². The normalized spacial score (nSPS) is 18.3. The molecule has 2 N–H and O–H groups in total. The maximum Gasteiger partial charge on any atom is 0.416 e. The van der Waals surface area contributed by atoms with E-state index in [4.69, 9.17) is 4.74 Å². The van der Waals surface area contributed by atoms with E-state index in [1.165, 1.54) is 25.1 Å². The molecule has 0 radical (unpaired) electrons. The third kappa shape index (κ3) is 3.46. The van der Waals surface area contributed by atoms with Crippen LogP contribution in [0.5, 0.6) is 0 Å². The molecule has 1 heterocycles. The van der Waals surface area contributed by atoms with E-state index >= 15 is 0 Å². The number of ether oxygens (including phenoxy) is 1. The van der Waals surface area contributed by atoms with Crippen molar-refractivity contribution in [2.75, 3.05) is 6.61 Å². The number of amides is 2. The Kier molecular flexibility index (Phi) is 4.63. The third-order valence-electron chi connectivity index (χ3n) is 3.34. The Labute approximate surface area is 130 Å². The minimum absolute atomic E-state index is 0.0526. The Hall–Kier alpha value is -2.51. The molecule has 1 aromatic carbocycles. The van der Waals surface area contributed by atoms with Gasteiger partial charge in [0.15, 0.2) is 0 Å². The Morgan fingerprint density at radius 3 is 2.57 bits per heavy atom. The highest BCUT2D eigenvalue weighted by molar-refractivity contribution is 5.95. The molecule has 5 nitrogen and oxygen atoms in total. The first-order valence-electron chi connectivity index (χ1n) is 6.87. The summed E-state index contributed by atoms with van der Waals surface area (Å²) in [5.41, 5.74) is -1.02. The number of rotatable bonds is 3. The average molecular weight is 328 g/mol. The molecular formula is C15H15F3N2O3. The van der Waals surface area contributed by atoms with E-state index in [0.717, 1.165) is 6.07 Å². The van der Waals surface area contributed by atoms with Crippen LogP contribution in [0.3, 0.4) is 0 Å². The standard InChI is InChI=1S/C15H15F3N2O3/c1-3-23-13(21)11-8(2)19-14(22)20-12(11)9-6-4-5-7-10(9)15(16,17)18/h4-7,12H,3H2,1-2H3,(H2,19,20,22). The van der Waals surface area contributed by atoms with E-state index in [0.29, 0.717) is 0 Å². The molecule has 0 spiro atoms. The number of esters is 1. The van der Waals surface area contributed by atoms with Crippen LogP contribution in [0.25, 0.3) is 0 Å². The van der Waals surface area contributed by atoms with Gasteiger partial charge in [-0.2, -0.15) is 13.2 Å². The summed E-state index contributed by atoms with van der Waals surface area (Å²) in [5, 5.41) is 4.73. The fraction of sp³-hybridized carbons (Fsp3) is 0.333. The van der Waals surface area contributed by atoms with Crippen molar-refractivity contribution < 1.29 is 27.5 Å². The van der Waals surface area contributed by atoms with Gasteiger partial charge in [-0.05, 0) is 25.5 Å². The molecule has 8 heteroatoms. The fourth-order valence-corrected chi connectivity index (χ4v) is 2.41. The molecule has 0 fully saturated rings. The van der Waals surface area contributed by atoms with Gasteiger partial charge in [0, 0.05) is 5.70 Å². The molecule has 2 amide bonds. The summed E-state index contributed by atoms with van der Waals surface area (Å²) >= 11 is 0. The van der Waals surface area contributed by atoms with Crippen LogP contribution in [-0.4, -0.2) is 18.6 Å². The van der Waals surface area contributed by atoms with Crippen molar-refractivity contribution in [3.05, 3.63) is 46.7 Å². The molecule has 0 saturated heterocycles. The highest BCUT2D eigenvalue weighted by atomic mass is 19.4. The predicted molar refractivity (Wildman–Crippen MR) is 75.2 cm³/mol. The molecular weight excluding hydrogens is 313 g/mol. The van der Waals surface area contributed by atoms with E-state index in [2.05, 4.69) is 10.6 Å². The first-order chi connectivity index (χ1) is 10.8. The highest BCUT2D eigenvalue weighted by Gasteiger charge is 2.39. The third-order valence-corrected chi connectivity index (χ3v) is 3.34. The second kappa shape index (κ2) is 6.31. The van der Waals surface area contributed by atoms with Crippen molar-refractivity contribution in [1.29, 1.82) is 0 Å². The van der Waals surface area contributed by atoms with Gasteiger partial charge in [0.25, 0.3) is 0 Å². The summed E-state index contributed by atoms with van der Waals surface area (Å²) in [7, 11) is 0. The number of halogens is 3. The highest BCUT2D eigenvalue weighted by Crippen LogP contribution is 2.38. The smallest absolute Gasteiger partial charge is 0.416 e. The summed E-state index contributed by atoms with van der Waals surface area (Å²) in [4.78, 5) is 23.8. The number of hydrogen-bond donors (Lipinski definition) is 2. The van der Waals surface area contributed by atoms with Crippen molar-refractivity contribution in [3.8, 4) is 0 Å². The number of allylic oxidation sites excluding steroid dienone is 1. The zero-order chi connectivity index (χ0) is 17.2. The van der Waals surface area contributed by atoms with E-state index in [-0.39, 0.29) is 23.4 Å². The lowest BCUT2D eigenvalue weighted by Gasteiger charge is -2.29. The van der Waals surface area contributed by atoms with Gasteiger partial charge in [0.05, 0.1) is 23.8 Å². The minimum Gasteiger partial charge on any atom is -0.463 e. The molecule has 23 heavy (non-hydrogen) atoms. The molecule has 1 aliphatic heterocycles. The van der Waals surface area contributed by atoms with Crippen LogP contribution in [0.1, 0.15) is 31.0 Å². The van der Waals surface area contributed by atoms with Gasteiger partial charge in [0.2, 0.25) is 0 Å². The van der Waals surface area contributed by atoms with Crippen LogP contribution in [0.15, 0.2) is 35.5 Å². The summed E-state index contributed by atoms with van der Waals surface area (Å²) < 4.78 is 44.5. The van der Waals surface area contributed by atoms with Crippen molar-refractivity contribution in [3.63, 3.8) is 0 Å². The second-order valence-corrected chi connectivity index (χ2v) is 4.88. The summed E-state index contributed by atoms with van der Waals surface area (Å²) in [6.45, 7) is 3.09. The monoisotopic (exact) mass is 328 g/mol. The lowest BCUT2D eigenvalue weighted by atomic mass is 9.91. The van der Waals surface area contributed by atoms with Crippen LogP contribution in [0, 0.1) is 0 Å². The Morgan fingerprint density at radius 2 is 1.96 bits per heavy atom. The van der Waals surface area contributed by atoms with E-state index in [9.17, 15) is 22.8 Å². The molecule has 124 valence electrons. The number of alkyl halides is 3. The Balaban J connectivity index is 2.58. The minimum atomic E-state index is -4.61. The zero-order valence-electron chi connectivity index (χ0n) is 12.5. The lowest BCUT2D eigenvalue weighted by molar-refractivity contribution is -0.141. The lowest BCUT2D eigenvalue weighted by Crippen LogP contribution is -2.45. The predicted octanol–water partition coefficient (Wildman–Crippen LogP) is 2.90. The number of carbonyl (C=O) groups is 2. The zero-order valence-corrected chi connectivity index (χ0v) is 12.5. The van der Waals surface area contributed by atoms with Crippen LogP contribution in [0.4, 0.5) is 18.0 Å². The van der Waals surface area contributed by atoms with Crippen LogP contribution in [-0.2, 0) is 15.7 Å². The molecule has 1 atom stereocenters. The van der Waals surface area contributed by atoms with Crippen molar-refractivity contribution in [2.24, 2.45) is 0 Å². The van der Waals surface area contributed by atoms with Gasteiger partial charge in [0.1, 0.15) is 0 Å². The number of urea groups is 1. The van der Waals surface area contributed by atoms with Gasteiger partial charge in [-0.3, -0.25) is 0 Å². The maximum absolute atomic E-state index is 13.2. The Morgan fingerprint density at radius 1 is 1.30 bits per heavy atom. The molecule has 2 rings (SSSR count). The molecule has 0 aromatic heterocycles.